The summed E-state index contributed by atoms with van der Waals surface area (Å²) in [7, 11) is 0. The Morgan fingerprint density at radius 1 is 1.12 bits per heavy atom. The van der Waals surface area contributed by atoms with Gasteiger partial charge in [0.2, 0.25) is 11.8 Å². The van der Waals surface area contributed by atoms with Gasteiger partial charge in [-0.15, -0.1) is 11.8 Å². The molecule has 132 valence electrons. The number of hydrogen-bond acceptors (Lipinski definition) is 4. The van der Waals surface area contributed by atoms with Gasteiger partial charge >= 0.3 is 0 Å². The number of primary amides is 1. The molecule has 0 aliphatic heterocycles. The van der Waals surface area contributed by atoms with Gasteiger partial charge in [0, 0.05) is 11.3 Å². The van der Waals surface area contributed by atoms with Gasteiger partial charge in [-0.2, -0.15) is 0 Å². The first-order chi connectivity index (χ1) is 12.1. The Bertz CT molecular complexity index is 734. The van der Waals surface area contributed by atoms with Gasteiger partial charge in [-0.1, -0.05) is 30.3 Å². The van der Waals surface area contributed by atoms with Crippen LogP contribution in [-0.4, -0.2) is 24.2 Å². The lowest BCUT2D eigenvalue weighted by atomic mass is 10.1. The van der Waals surface area contributed by atoms with E-state index in [1.54, 1.807) is 0 Å². The topological polar surface area (TPSA) is 81.4 Å². The smallest absolute Gasteiger partial charge is 0.227 e. The number of para-hydroxylation sites is 2. The molecule has 0 bridgehead atoms. The second kappa shape index (κ2) is 9.74. The summed E-state index contributed by atoms with van der Waals surface area (Å²) in [5.74, 6) is 0.515. The van der Waals surface area contributed by atoms with Crippen LogP contribution in [0, 0.1) is 0 Å². The minimum Gasteiger partial charge on any atom is -0.494 e. The molecule has 0 aliphatic carbocycles. The van der Waals surface area contributed by atoms with Crippen molar-refractivity contribution in [2.45, 2.75) is 24.7 Å². The van der Waals surface area contributed by atoms with Crippen molar-refractivity contribution in [1.29, 1.82) is 0 Å². The van der Waals surface area contributed by atoms with Crippen LogP contribution in [0.15, 0.2) is 53.4 Å². The highest BCUT2D eigenvalue weighted by Crippen LogP contribution is 2.27. The van der Waals surface area contributed by atoms with Gasteiger partial charge in [-0.3, -0.25) is 9.59 Å². The average Bonchev–Trinajstić information content (AvgIpc) is 2.60. The third-order valence-corrected chi connectivity index (χ3v) is 4.52. The van der Waals surface area contributed by atoms with E-state index in [9.17, 15) is 9.59 Å². The van der Waals surface area contributed by atoms with Crippen LogP contribution in [0.25, 0.3) is 0 Å². The zero-order valence-corrected chi connectivity index (χ0v) is 15.0. The molecule has 2 amide bonds. The Hall–Kier alpha value is -2.47. The number of aryl methyl sites for hydroxylation is 1. The molecule has 2 rings (SSSR count). The van der Waals surface area contributed by atoms with Crippen LogP contribution in [-0.2, 0) is 16.0 Å². The van der Waals surface area contributed by atoms with E-state index in [0.717, 1.165) is 16.2 Å². The number of nitrogens with two attached hydrogens (primary N) is 1. The molecular weight excluding hydrogens is 336 g/mol. The number of benzene rings is 2. The average molecular weight is 358 g/mol. The zero-order chi connectivity index (χ0) is 18.1. The van der Waals surface area contributed by atoms with Crippen LogP contribution in [0.5, 0.6) is 5.75 Å². The molecule has 0 atom stereocenters. The first-order valence-corrected chi connectivity index (χ1v) is 9.09. The zero-order valence-electron chi connectivity index (χ0n) is 14.2. The minimum atomic E-state index is -0.390. The highest BCUT2D eigenvalue weighted by atomic mass is 32.2. The van der Waals surface area contributed by atoms with E-state index >= 15 is 0 Å². The molecule has 0 saturated heterocycles. The Morgan fingerprint density at radius 3 is 2.60 bits per heavy atom. The van der Waals surface area contributed by atoms with Crippen LogP contribution in [0.1, 0.15) is 18.9 Å². The second-order valence-corrected chi connectivity index (χ2v) is 6.36. The third kappa shape index (κ3) is 6.15. The molecule has 0 heterocycles. The normalized spacial score (nSPS) is 10.3. The summed E-state index contributed by atoms with van der Waals surface area (Å²) >= 11 is 1.31. The first-order valence-electron chi connectivity index (χ1n) is 8.10. The highest BCUT2D eigenvalue weighted by molar-refractivity contribution is 8.00. The molecule has 0 spiro atoms. The van der Waals surface area contributed by atoms with Crippen LogP contribution in [0.2, 0.25) is 0 Å². The van der Waals surface area contributed by atoms with Crippen molar-refractivity contribution >= 4 is 29.3 Å². The van der Waals surface area contributed by atoms with Crippen molar-refractivity contribution in [3.05, 3.63) is 54.1 Å². The van der Waals surface area contributed by atoms with Crippen molar-refractivity contribution in [2.75, 3.05) is 17.7 Å². The van der Waals surface area contributed by atoms with Gasteiger partial charge in [-0.25, -0.2) is 0 Å². The van der Waals surface area contributed by atoms with Crippen molar-refractivity contribution in [3.63, 3.8) is 0 Å². The Morgan fingerprint density at radius 2 is 1.84 bits per heavy atom. The SMILES string of the molecule is CCOc1ccccc1CCC(=O)Nc1ccccc1SCC(N)=O. The van der Waals surface area contributed by atoms with Crippen LogP contribution >= 0.6 is 11.8 Å². The summed E-state index contributed by atoms with van der Waals surface area (Å²) in [5, 5.41) is 2.90. The molecule has 0 fully saturated rings. The van der Waals surface area contributed by atoms with E-state index in [0.29, 0.717) is 25.1 Å². The number of ether oxygens (including phenoxy) is 1. The maximum absolute atomic E-state index is 12.3. The van der Waals surface area contributed by atoms with Crippen LogP contribution in [0.3, 0.4) is 0 Å². The minimum absolute atomic E-state index is 0.0848. The Labute approximate surface area is 151 Å². The summed E-state index contributed by atoms with van der Waals surface area (Å²) < 4.78 is 5.58. The summed E-state index contributed by atoms with van der Waals surface area (Å²) in [6.45, 7) is 2.53. The summed E-state index contributed by atoms with van der Waals surface area (Å²) in [6, 6.07) is 15.1. The molecule has 0 radical (unpaired) electrons. The standard InChI is InChI=1S/C19H22N2O3S/c1-2-24-16-9-5-3-7-14(16)11-12-19(23)21-15-8-4-6-10-17(15)25-13-18(20)22/h3-10H,2,11-13H2,1H3,(H2,20,22)(H,21,23). The number of carbonyl (C=O) groups is 2. The number of amides is 2. The molecule has 25 heavy (non-hydrogen) atoms. The van der Waals surface area contributed by atoms with E-state index in [2.05, 4.69) is 5.32 Å². The fourth-order valence-electron chi connectivity index (χ4n) is 2.31. The van der Waals surface area contributed by atoms with Crippen molar-refractivity contribution in [1.82, 2.24) is 0 Å². The second-order valence-electron chi connectivity index (χ2n) is 5.34. The molecule has 0 aliphatic rings. The number of nitrogens with one attached hydrogen (secondary N) is 1. The maximum Gasteiger partial charge on any atom is 0.227 e. The number of anilines is 1. The van der Waals surface area contributed by atoms with Gasteiger partial charge in [0.15, 0.2) is 0 Å². The summed E-state index contributed by atoms with van der Waals surface area (Å²) in [4.78, 5) is 24.1. The molecule has 0 unspecified atom stereocenters. The van der Waals surface area contributed by atoms with E-state index in [-0.39, 0.29) is 11.7 Å². The van der Waals surface area contributed by atoms with Crippen molar-refractivity contribution in [2.24, 2.45) is 5.73 Å². The number of thioether (sulfide) groups is 1. The van der Waals surface area contributed by atoms with E-state index in [1.807, 2.05) is 55.5 Å². The highest BCUT2D eigenvalue weighted by Gasteiger charge is 2.10. The molecule has 6 heteroatoms. The Balaban J connectivity index is 1.96. The predicted molar refractivity (Wildman–Crippen MR) is 101 cm³/mol. The third-order valence-electron chi connectivity index (χ3n) is 3.42. The maximum atomic E-state index is 12.3. The molecule has 0 saturated carbocycles. The lowest BCUT2D eigenvalue weighted by molar-refractivity contribution is -0.116. The van der Waals surface area contributed by atoms with E-state index in [1.165, 1.54) is 11.8 Å². The largest absolute Gasteiger partial charge is 0.494 e. The van der Waals surface area contributed by atoms with E-state index in [4.69, 9.17) is 10.5 Å². The van der Waals surface area contributed by atoms with Gasteiger partial charge in [0.05, 0.1) is 18.0 Å². The molecular formula is C19H22N2O3S. The molecule has 2 aromatic rings. The van der Waals surface area contributed by atoms with Crippen LogP contribution in [0.4, 0.5) is 5.69 Å². The molecule has 3 N–H and O–H groups in total. The quantitative estimate of drug-likeness (QED) is 0.674. The molecule has 0 aromatic heterocycles. The summed E-state index contributed by atoms with van der Waals surface area (Å²) in [6.07, 6.45) is 0.942. The number of rotatable bonds is 9. The van der Waals surface area contributed by atoms with Crippen LogP contribution < -0.4 is 15.8 Å². The van der Waals surface area contributed by atoms with Crippen molar-refractivity contribution in [3.8, 4) is 5.75 Å². The lowest BCUT2D eigenvalue weighted by Crippen LogP contribution is -2.15. The number of hydrogen-bond donors (Lipinski definition) is 2. The summed E-state index contributed by atoms with van der Waals surface area (Å²) in [5.41, 5.74) is 6.89. The van der Waals surface area contributed by atoms with Crippen molar-refractivity contribution < 1.29 is 14.3 Å². The fraction of sp³-hybridized carbons (Fsp3) is 0.263. The number of carbonyl (C=O) groups excluding carboxylic acids is 2. The monoisotopic (exact) mass is 358 g/mol. The predicted octanol–water partition coefficient (Wildman–Crippen LogP) is 3.23. The van der Waals surface area contributed by atoms with Gasteiger partial charge in [-0.05, 0) is 37.1 Å². The van der Waals surface area contributed by atoms with Gasteiger partial charge < -0.3 is 15.8 Å². The molecule has 2 aromatic carbocycles. The van der Waals surface area contributed by atoms with Gasteiger partial charge in [0.25, 0.3) is 0 Å². The fourth-order valence-corrected chi connectivity index (χ4v) is 3.06. The first kappa shape index (κ1) is 18.9. The molecule has 5 nitrogen and oxygen atoms in total. The van der Waals surface area contributed by atoms with Gasteiger partial charge in [0.1, 0.15) is 5.75 Å². The Kier molecular flexibility index (Phi) is 7.35. The lowest BCUT2D eigenvalue weighted by Gasteiger charge is -2.12. The van der Waals surface area contributed by atoms with E-state index < -0.39 is 5.91 Å².